The molecule has 12 heteroatoms. The fraction of sp³-hybridized carbons (Fsp3) is 0.348. The second kappa shape index (κ2) is 8.36. The van der Waals surface area contributed by atoms with E-state index >= 15 is 0 Å². The van der Waals surface area contributed by atoms with Crippen LogP contribution in [0.3, 0.4) is 0 Å². The number of anilines is 1. The summed E-state index contributed by atoms with van der Waals surface area (Å²) in [6.07, 6.45) is 0.877. The molecule has 0 unspecified atom stereocenters. The summed E-state index contributed by atoms with van der Waals surface area (Å²) in [5.74, 6) is -3.28. The summed E-state index contributed by atoms with van der Waals surface area (Å²) in [5, 5.41) is 15.5. The van der Waals surface area contributed by atoms with Crippen LogP contribution in [0.2, 0.25) is 0 Å². The average Bonchev–Trinajstić information content (AvgIpc) is 3.18. The van der Waals surface area contributed by atoms with E-state index in [1.807, 2.05) is 0 Å². The number of rotatable bonds is 7. The maximum Gasteiger partial charge on any atom is 0.293 e. The number of amides is 2. The molecular formula is C23H21F3N6O3. The molecule has 0 radical (unpaired) electrons. The number of fused-ring (bicyclic) bond motifs is 1. The van der Waals surface area contributed by atoms with E-state index in [1.165, 1.54) is 12.3 Å². The number of aromatic nitrogens is 4. The normalized spacial score (nSPS) is 15.7. The smallest absolute Gasteiger partial charge is 0.293 e. The first-order chi connectivity index (χ1) is 16.7. The molecule has 2 aromatic heterocycles. The van der Waals surface area contributed by atoms with Gasteiger partial charge in [0.25, 0.3) is 24.0 Å². The molecule has 0 bridgehead atoms. The van der Waals surface area contributed by atoms with Gasteiger partial charge >= 0.3 is 0 Å². The van der Waals surface area contributed by atoms with E-state index in [4.69, 9.17) is 0 Å². The zero-order chi connectivity index (χ0) is 24.9. The van der Waals surface area contributed by atoms with E-state index in [2.05, 4.69) is 26.0 Å². The molecule has 35 heavy (non-hydrogen) atoms. The quantitative estimate of drug-likeness (QED) is 0.350. The van der Waals surface area contributed by atoms with E-state index in [0.717, 1.165) is 12.1 Å². The van der Waals surface area contributed by atoms with Crippen LogP contribution in [0, 0.1) is 12.7 Å². The van der Waals surface area contributed by atoms with Crippen LogP contribution in [0.1, 0.15) is 69.0 Å². The van der Waals surface area contributed by atoms with E-state index in [1.54, 1.807) is 11.5 Å². The fourth-order valence-electron chi connectivity index (χ4n) is 4.68. The van der Waals surface area contributed by atoms with Gasteiger partial charge in [-0.1, -0.05) is 0 Å². The Hall–Kier alpha value is -3.96. The minimum atomic E-state index is -3.04. The second-order valence-corrected chi connectivity index (χ2v) is 8.76. The zero-order valence-electron chi connectivity index (χ0n) is 18.6. The van der Waals surface area contributed by atoms with Crippen molar-refractivity contribution >= 4 is 23.3 Å². The van der Waals surface area contributed by atoms with E-state index in [9.17, 15) is 27.6 Å². The molecule has 1 aliphatic heterocycles. The van der Waals surface area contributed by atoms with Gasteiger partial charge in [0, 0.05) is 17.9 Å². The molecule has 2 aliphatic rings. The molecule has 1 fully saturated rings. The van der Waals surface area contributed by atoms with Crippen LogP contribution in [0.15, 0.2) is 24.4 Å². The number of nitrogens with zero attached hydrogens (tertiary/aromatic N) is 3. The summed E-state index contributed by atoms with van der Waals surface area (Å²) in [4.78, 5) is 39.3. The second-order valence-electron chi connectivity index (χ2n) is 8.76. The molecular weight excluding hydrogens is 465 g/mol. The Labute approximate surface area is 197 Å². The molecule has 0 saturated heterocycles. The Kier molecular flexibility index (Phi) is 5.45. The van der Waals surface area contributed by atoms with Gasteiger partial charge in [-0.15, -0.1) is 0 Å². The molecule has 5 rings (SSSR count). The van der Waals surface area contributed by atoms with Crippen molar-refractivity contribution in [1.29, 1.82) is 0 Å². The molecule has 182 valence electrons. The van der Waals surface area contributed by atoms with Crippen LogP contribution in [0.25, 0.3) is 0 Å². The number of carbonyl (C=O) groups excluding carboxylic acids is 3. The first kappa shape index (κ1) is 22.8. The number of hydrogen-bond donors (Lipinski definition) is 3. The number of alkyl halides is 2. The minimum absolute atomic E-state index is 0.00597. The van der Waals surface area contributed by atoms with Crippen molar-refractivity contribution in [3.63, 3.8) is 0 Å². The van der Waals surface area contributed by atoms with Crippen molar-refractivity contribution in [2.45, 2.75) is 51.1 Å². The summed E-state index contributed by atoms with van der Waals surface area (Å²) in [6, 6.07) is 2.91. The zero-order valence-corrected chi connectivity index (χ0v) is 18.6. The van der Waals surface area contributed by atoms with Gasteiger partial charge in [-0.3, -0.25) is 14.4 Å². The lowest BCUT2D eigenvalue weighted by Crippen LogP contribution is -2.40. The topological polar surface area (TPSA) is 122 Å². The number of nitrogens with one attached hydrogen (secondary N) is 3. The van der Waals surface area contributed by atoms with Crippen LogP contribution in [-0.2, 0) is 23.3 Å². The van der Waals surface area contributed by atoms with Gasteiger partial charge in [0.2, 0.25) is 0 Å². The molecule has 3 N–H and O–H groups in total. The summed E-state index contributed by atoms with van der Waals surface area (Å²) < 4.78 is 41.4. The van der Waals surface area contributed by atoms with Crippen molar-refractivity contribution in [1.82, 2.24) is 25.3 Å². The number of hydrogen-bond acceptors (Lipinski definition) is 5. The Balaban J connectivity index is 1.42. The van der Waals surface area contributed by atoms with Crippen LogP contribution >= 0.6 is 0 Å². The van der Waals surface area contributed by atoms with E-state index in [0.29, 0.717) is 49.2 Å². The lowest BCUT2D eigenvalue weighted by molar-refractivity contribution is -0.118. The van der Waals surface area contributed by atoms with Crippen molar-refractivity contribution in [3.8, 4) is 0 Å². The van der Waals surface area contributed by atoms with Gasteiger partial charge < -0.3 is 15.2 Å². The highest BCUT2D eigenvalue weighted by Crippen LogP contribution is 2.44. The van der Waals surface area contributed by atoms with Gasteiger partial charge in [0.1, 0.15) is 17.2 Å². The predicted molar refractivity (Wildman–Crippen MR) is 117 cm³/mol. The third-order valence-corrected chi connectivity index (χ3v) is 6.56. The summed E-state index contributed by atoms with van der Waals surface area (Å²) in [5.41, 5.74) is 0.193. The third-order valence-electron chi connectivity index (χ3n) is 6.56. The van der Waals surface area contributed by atoms with Gasteiger partial charge in [-0.2, -0.15) is 15.4 Å². The maximum absolute atomic E-state index is 13.6. The summed E-state index contributed by atoms with van der Waals surface area (Å²) in [6.45, 7) is 2.03. The lowest BCUT2D eigenvalue weighted by Gasteiger charge is -2.14. The first-order valence-corrected chi connectivity index (χ1v) is 11.1. The molecule has 3 aromatic rings. The third kappa shape index (κ3) is 3.88. The number of H-pyrrole nitrogens is 1. The Bertz CT molecular complexity index is 1340. The molecule has 3 heterocycles. The predicted octanol–water partition coefficient (Wildman–Crippen LogP) is 3.18. The van der Waals surface area contributed by atoms with E-state index in [-0.39, 0.29) is 16.9 Å². The number of Topliss-reactive ketones (excluding diaryl/α,β-unsaturated/α-hetero) is 1. The summed E-state index contributed by atoms with van der Waals surface area (Å²) >= 11 is 0. The summed E-state index contributed by atoms with van der Waals surface area (Å²) in [7, 11) is 0. The highest BCUT2D eigenvalue weighted by atomic mass is 19.3. The van der Waals surface area contributed by atoms with Crippen molar-refractivity contribution in [2.75, 3.05) is 5.32 Å². The van der Waals surface area contributed by atoms with Gasteiger partial charge in [0.05, 0.1) is 22.9 Å². The van der Waals surface area contributed by atoms with Gasteiger partial charge in [-0.05, 0) is 56.4 Å². The number of aromatic amines is 1. The Morgan fingerprint density at radius 3 is 2.66 bits per heavy atom. The number of benzene rings is 1. The van der Waals surface area contributed by atoms with Crippen LogP contribution < -0.4 is 10.6 Å². The molecule has 1 saturated carbocycles. The van der Waals surface area contributed by atoms with Gasteiger partial charge in [0.15, 0.2) is 0 Å². The lowest BCUT2D eigenvalue weighted by atomic mass is 10.0. The molecule has 2 amide bonds. The molecule has 1 aromatic carbocycles. The van der Waals surface area contributed by atoms with Crippen LogP contribution in [-0.4, -0.2) is 37.6 Å². The highest BCUT2D eigenvalue weighted by Gasteiger charge is 2.49. The molecule has 9 nitrogen and oxygen atoms in total. The average molecular weight is 486 g/mol. The molecule has 0 atom stereocenters. The molecule has 1 aliphatic carbocycles. The molecule has 0 spiro atoms. The number of carbonyl (C=O) groups is 3. The fourth-order valence-corrected chi connectivity index (χ4v) is 4.68. The minimum Gasteiger partial charge on any atom is -0.340 e. The maximum atomic E-state index is 13.6. The van der Waals surface area contributed by atoms with Gasteiger partial charge in [-0.25, -0.2) is 13.2 Å². The van der Waals surface area contributed by atoms with Crippen LogP contribution in [0.5, 0.6) is 0 Å². The van der Waals surface area contributed by atoms with Crippen LogP contribution in [0.4, 0.5) is 18.9 Å². The van der Waals surface area contributed by atoms with Crippen molar-refractivity contribution in [3.05, 3.63) is 64.0 Å². The first-order valence-electron chi connectivity index (χ1n) is 11.1. The number of ketones is 1. The largest absolute Gasteiger partial charge is 0.340 e. The van der Waals surface area contributed by atoms with Crippen molar-refractivity contribution in [2.24, 2.45) is 0 Å². The van der Waals surface area contributed by atoms with E-state index < -0.39 is 40.9 Å². The Morgan fingerprint density at radius 1 is 1.23 bits per heavy atom. The number of halogens is 3. The standard InChI is InChI=1S/C23H21F3N6O3/c1-11-17(19(33)22(35)29-23(6-7-23)16-10-27-31-30-16)15-3-2-8-32(15)18(11)21(34)28-12-4-5-14(24)13(9-12)20(25)26/h4-5,9-10,20H,2-3,6-8H2,1H3,(H,28,34)(H,29,35)(H,27,30,31). The Morgan fingerprint density at radius 2 is 2.00 bits per heavy atom. The monoisotopic (exact) mass is 486 g/mol. The SMILES string of the molecule is Cc1c(C(=O)C(=O)NC2(c3cn[nH]n3)CC2)c2n(c1C(=O)Nc1ccc(F)c(C(F)F)c1)CCC2. The van der Waals surface area contributed by atoms with Crippen molar-refractivity contribution < 1.29 is 27.6 Å². The highest BCUT2D eigenvalue weighted by molar-refractivity contribution is 6.44.